The largest absolute Gasteiger partial charge is 0.364 e. The fourth-order valence-electron chi connectivity index (χ4n) is 2.04. The van der Waals surface area contributed by atoms with E-state index in [4.69, 9.17) is 16.4 Å². The highest BCUT2D eigenvalue weighted by Crippen LogP contribution is 2.19. The molecule has 2 aromatic carbocycles. The molecule has 1 aromatic heterocycles. The van der Waals surface area contributed by atoms with Crippen molar-refractivity contribution in [1.82, 2.24) is 4.98 Å². The number of carbonyl (C=O) groups excluding carboxylic acids is 2. The average molecular weight is 381 g/mol. The average Bonchev–Trinajstić information content (AvgIpc) is 2.72. The van der Waals surface area contributed by atoms with Crippen LogP contribution in [0.5, 0.6) is 0 Å². The molecule has 0 aliphatic rings. The van der Waals surface area contributed by atoms with Crippen LogP contribution >= 0.6 is 11.6 Å². The van der Waals surface area contributed by atoms with Crippen LogP contribution < -0.4 is 5.48 Å². The van der Waals surface area contributed by atoms with Crippen molar-refractivity contribution in [1.29, 1.82) is 0 Å². The van der Waals surface area contributed by atoms with Crippen molar-refractivity contribution < 1.29 is 14.4 Å². The molecule has 0 unspecified atom stereocenters. The summed E-state index contributed by atoms with van der Waals surface area (Å²) in [6, 6.07) is 16.2. The van der Waals surface area contributed by atoms with Gasteiger partial charge in [0, 0.05) is 18.0 Å². The van der Waals surface area contributed by atoms with E-state index in [2.05, 4.69) is 20.7 Å². The number of nitrogens with one attached hydrogen (secondary N) is 1. The molecule has 0 saturated heterocycles. The van der Waals surface area contributed by atoms with E-state index < -0.39 is 11.9 Å². The van der Waals surface area contributed by atoms with Gasteiger partial charge in [-0.3, -0.25) is 9.78 Å². The van der Waals surface area contributed by atoms with Crippen LogP contribution in [0.1, 0.15) is 20.7 Å². The van der Waals surface area contributed by atoms with Crippen LogP contribution in [0.15, 0.2) is 83.3 Å². The van der Waals surface area contributed by atoms with Gasteiger partial charge in [0.2, 0.25) is 0 Å². The van der Waals surface area contributed by atoms with Gasteiger partial charge in [0.05, 0.1) is 22.0 Å². The van der Waals surface area contributed by atoms with Gasteiger partial charge in [-0.25, -0.2) is 10.3 Å². The third-order valence-corrected chi connectivity index (χ3v) is 3.74. The molecule has 0 aliphatic heterocycles. The van der Waals surface area contributed by atoms with Crippen LogP contribution in [-0.2, 0) is 4.84 Å². The van der Waals surface area contributed by atoms with Crippen molar-refractivity contribution in [3.05, 3.63) is 89.2 Å². The van der Waals surface area contributed by atoms with E-state index in [0.29, 0.717) is 22.0 Å². The smallest absolute Gasteiger partial charge is 0.338 e. The van der Waals surface area contributed by atoms with Gasteiger partial charge in [-0.1, -0.05) is 23.7 Å². The predicted octanol–water partition coefficient (Wildman–Crippen LogP) is 4.84. The Bertz CT molecular complexity index is 976. The Morgan fingerprint density at radius 1 is 0.963 bits per heavy atom. The highest BCUT2D eigenvalue weighted by atomic mass is 35.5. The fourth-order valence-corrected chi connectivity index (χ4v) is 2.25. The second kappa shape index (κ2) is 8.68. The third kappa shape index (κ3) is 4.96. The van der Waals surface area contributed by atoms with E-state index in [1.807, 2.05) is 0 Å². The highest BCUT2D eigenvalue weighted by molar-refractivity contribution is 6.33. The normalized spacial score (nSPS) is 10.6. The van der Waals surface area contributed by atoms with Crippen LogP contribution in [0.2, 0.25) is 5.02 Å². The van der Waals surface area contributed by atoms with Crippen LogP contribution in [0.25, 0.3) is 0 Å². The van der Waals surface area contributed by atoms with Crippen molar-refractivity contribution in [3.8, 4) is 0 Å². The fraction of sp³-hybridized carbons (Fsp3) is 0. The highest BCUT2D eigenvalue weighted by Gasteiger charge is 2.11. The molecule has 134 valence electrons. The summed E-state index contributed by atoms with van der Waals surface area (Å²) in [5, 5.41) is 7.84. The van der Waals surface area contributed by atoms with Crippen molar-refractivity contribution >= 4 is 34.9 Å². The van der Waals surface area contributed by atoms with Gasteiger partial charge in [0.25, 0.3) is 5.91 Å². The summed E-state index contributed by atoms with van der Waals surface area (Å²) >= 11 is 5.94. The minimum absolute atomic E-state index is 0.256. The van der Waals surface area contributed by atoms with Crippen molar-refractivity contribution in [3.63, 3.8) is 0 Å². The van der Waals surface area contributed by atoms with Gasteiger partial charge >= 0.3 is 5.97 Å². The first kappa shape index (κ1) is 18.2. The number of hydrogen-bond donors (Lipinski definition) is 1. The maximum Gasteiger partial charge on any atom is 0.364 e. The van der Waals surface area contributed by atoms with Gasteiger partial charge in [0.1, 0.15) is 0 Å². The molecule has 1 heterocycles. The van der Waals surface area contributed by atoms with Crippen LogP contribution in [0, 0.1) is 0 Å². The SMILES string of the molecule is O=C(N=Nc1ccc(NOC(=O)c2ccccc2Cl)cc1)c1ccncc1. The molecule has 0 saturated carbocycles. The Kier molecular flexibility index (Phi) is 5.86. The standard InChI is InChI=1S/C19H13ClN4O3/c20-17-4-2-1-3-16(17)19(26)27-24-15-7-5-14(6-8-15)22-23-18(25)13-9-11-21-12-10-13/h1-12,24H. The van der Waals surface area contributed by atoms with Crippen LogP contribution in [0.4, 0.5) is 11.4 Å². The second-order valence-corrected chi connectivity index (χ2v) is 5.67. The topological polar surface area (TPSA) is 93.0 Å². The Hall–Kier alpha value is -3.58. The summed E-state index contributed by atoms with van der Waals surface area (Å²) in [6.45, 7) is 0. The predicted molar refractivity (Wildman–Crippen MR) is 100 cm³/mol. The summed E-state index contributed by atoms with van der Waals surface area (Å²) in [6.07, 6.45) is 3.01. The van der Waals surface area contributed by atoms with Gasteiger partial charge in [0.15, 0.2) is 0 Å². The van der Waals surface area contributed by atoms with Crippen molar-refractivity contribution in [2.75, 3.05) is 5.48 Å². The first-order chi connectivity index (χ1) is 13.1. The number of rotatable bonds is 5. The maximum atomic E-state index is 12.0. The van der Waals surface area contributed by atoms with Gasteiger partial charge in [-0.2, -0.15) is 0 Å². The van der Waals surface area contributed by atoms with Crippen LogP contribution in [0.3, 0.4) is 0 Å². The Morgan fingerprint density at radius 3 is 2.37 bits per heavy atom. The molecule has 8 heteroatoms. The van der Waals surface area contributed by atoms with Gasteiger partial charge < -0.3 is 4.84 Å². The number of amides is 1. The number of azo groups is 1. The van der Waals surface area contributed by atoms with Crippen molar-refractivity contribution in [2.45, 2.75) is 0 Å². The van der Waals surface area contributed by atoms with E-state index in [-0.39, 0.29) is 5.56 Å². The summed E-state index contributed by atoms with van der Waals surface area (Å²) in [5.41, 5.74) is 4.19. The summed E-state index contributed by atoms with van der Waals surface area (Å²) in [4.78, 5) is 32.7. The Morgan fingerprint density at radius 2 is 1.67 bits per heavy atom. The molecule has 0 fully saturated rings. The monoisotopic (exact) mass is 380 g/mol. The minimum atomic E-state index is -0.604. The van der Waals surface area contributed by atoms with Crippen molar-refractivity contribution in [2.24, 2.45) is 10.2 Å². The molecule has 3 rings (SSSR count). The number of benzene rings is 2. The van der Waals surface area contributed by atoms with E-state index in [9.17, 15) is 9.59 Å². The number of aromatic nitrogens is 1. The lowest BCUT2D eigenvalue weighted by atomic mass is 10.2. The van der Waals surface area contributed by atoms with Gasteiger partial charge in [-0.15, -0.1) is 10.2 Å². The number of hydrogen-bond acceptors (Lipinski definition) is 6. The summed E-state index contributed by atoms with van der Waals surface area (Å²) in [5.74, 6) is -1.07. The molecular weight excluding hydrogens is 368 g/mol. The van der Waals surface area contributed by atoms with E-state index in [0.717, 1.165) is 0 Å². The zero-order chi connectivity index (χ0) is 19.1. The number of pyridine rings is 1. The molecule has 3 aromatic rings. The minimum Gasteiger partial charge on any atom is -0.338 e. The Balaban J connectivity index is 1.57. The molecule has 7 nitrogen and oxygen atoms in total. The molecular formula is C19H13ClN4O3. The number of nitrogens with zero attached hydrogens (tertiary/aromatic N) is 3. The Labute approximate surface area is 159 Å². The van der Waals surface area contributed by atoms with Gasteiger partial charge in [-0.05, 0) is 48.5 Å². The first-order valence-corrected chi connectivity index (χ1v) is 8.19. The first-order valence-electron chi connectivity index (χ1n) is 7.81. The molecule has 0 radical (unpaired) electrons. The van der Waals surface area contributed by atoms with E-state index >= 15 is 0 Å². The molecule has 1 amide bonds. The maximum absolute atomic E-state index is 12.0. The quantitative estimate of drug-likeness (QED) is 0.504. The lowest BCUT2D eigenvalue weighted by Crippen LogP contribution is -2.11. The second-order valence-electron chi connectivity index (χ2n) is 5.26. The molecule has 27 heavy (non-hydrogen) atoms. The van der Waals surface area contributed by atoms with E-state index in [1.165, 1.54) is 12.4 Å². The third-order valence-electron chi connectivity index (χ3n) is 3.41. The molecule has 1 N–H and O–H groups in total. The molecule has 0 spiro atoms. The van der Waals surface area contributed by atoms with Crippen LogP contribution in [-0.4, -0.2) is 16.9 Å². The molecule has 0 aliphatic carbocycles. The number of halogens is 1. The summed E-state index contributed by atoms with van der Waals surface area (Å²) in [7, 11) is 0. The number of anilines is 1. The summed E-state index contributed by atoms with van der Waals surface area (Å²) < 4.78 is 0. The zero-order valence-corrected chi connectivity index (χ0v) is 14.6. The molecule has 0 atom stereocenters. The number of carbonyl (C=O) groups is 2. The lowest BCUT2D eigenvalue weighted by Gasteiger charge is -2.07. The zero-order valence-electron chi connectivity index (χ0n) is 13.9. The lowest BCUT2D eigenvalue weighted by molar-refractivity contribution is 0.0596. The van der Waals surface area contributed by atoms with E-state index in [1.54, 1.807) is 60.7 Å². The molecule has 0 bridgehead atoms.